The second-order valence-corrected chi connectivity index (χ2v) is 7.99. The van der Waals surface area contributed by atoms with E-state index in [9.17, 15) is 14.7 Å². The molecule has 4 nitrogen and oxygen atoms in total. The number of hydrogen-bond acceptors (Lipinski definition) is 2. The minimum Gasteiger partial charge on any atom is -0.481 e. The van der Waals surface area contributed by atoms with E-state index in [0.717, 1.165) is 13.4 Å². The molecule has 1 aliphatic carbocycles. The number of aliphatic carboxylic acids is 1. The number of nitrogens with one attached hydrogen (secondary N) is 1. The number of amides is 1. The van der Waals surface area contributed by atoms with Crippen molar-refractivity contribution in [3.8, 4) is 0 Å². The topological polar surface area (TPSA) is 66.4 Å². The molecule has 1 fully saturated rings. The lowest BCUT2D eigenvalue weighted by Gasteiger charge is -2.17. The van der Waals surface area contributed by atoms with Gasteiger partial charge in [-0.3, -0.25) is 9.59 Å². The van der Waals surface area contributed by atoms with Crippen LogP contribution in [0, 0.1) is 17.8 Å². The summed E-state index contributed by atoms with van der Waals surface area (Å²) >= 11 is 10.2. The Morgan fingerprint density at radius 2 is 1.67 bits per heavy atom. The van der Waals surface area contributed by atoms with E-state index in [4.69, 9.17) is 0 Å². The van der Waals surface area contributed by atoms with Crippen LogP contribution in [0.5, 0.6) is 0 Å². The Hall–Kier alpha value is -0.400. The fraction of sp³-hybridized carbons (Fsp3) is 0.429. The lowest BCUT2D eigenvalue weighted by molar-refractivity contribution is -0.145. The predicted molar refractivity (Wildman–Crippen MR) is 91.2 cm³/mol. The molecule has 0 radical (unpaired) electrons. The number of halogens is 3. The molecule has 1 amide bonds. The van der Waals surface area contributed by atoms with Crippen molar-refractivity contribution in [2.24, 2.45) is 17.8 Å². The Labute approximate surface area is 148 Å². The van der Waals surface area contributed by atoms with Crippen LogP contribution < -0.4 is 5.32 Å². The second kappa shape index (κ2) is 6.79. The Balaban J connectivity index is 2.20. The van der Waals surface area contributed by atoms with Crippen molar-refractivity contribution < 1.29 is 14.7 Å². The summed E-state index contributed by atoms with van der Waals surface area (Å²) in [5.74, 6) is -1.98. The van der Waals surface area contributed by atoms with E-state index >= 15 is 0 Å². The molecule has 0 saturated heterocycles. The molecule has 3 atom stereocenters. The summed E-state index contributed by atoms with van der Waals surface area (Å²) < 4.78 is 2.34. The van der Waals surface area contributed by atoms with Gasteiger partial charge in [0.2, 0.25) is 5.91 Å². The fourth-order valence-electron chi connectivity index (χ4n) is 2.73. The molecule has 0 spiro atoms. The zero-order valence-electron chi connectivity index (χ0n) is 11.2. The largest absolute Gasteiger partial charge is 0.481 e. The number of anilines is 1. The summed E-state index contributed by atoms with van der Waals surface area (Å²) in [6.45, 7) is 1.98. The number of rotatable bonds is 3. The molecule has 114 valence electrons. The third kappa shape index (κ3) is 3.87. The lowest BCUT2D eigenvalue weighted by atomic mass is 9.95. The van der Waals surface area contributed by atoms with E-state index in [0.29, 0.717) is 18.5 Å². The molecule has 1 unspecified atom stereocenters. The summed E-state index contributed by atoms with van der Waals surface area (Å²) in [6.07, 6.45) is 1.16. The molecular weight excluding hydrogens is 470 g/mol. The van der Waals surface area contributed by atoms with Crippen LogP contribution in [0.3, 0.4) is 0 Å². The molecule has 1 saturated carbocycles. The van der Waals surface area contributed by atoms with Gasteiger partial charge in [-0.05, 0) is 62.8 Å². The highest BCUT2D eigenvalue weighted by Crippen LogP contribution is 2.39. The number of carbonyl (C=O) groups is 2. The number of carbonyl (C=O) groups excluding carboxylic acids is 1. The van der Waals surface area contributed by atoms with E-state index in [1.54, 1.807) is 0 Å². The third-order valence-electron chi connectivity index (χ3n) is 3.71. The van der Waals surface area contributed by atoms with Crippen LogP contribution >= 0.6 is 47.8 Å². The fourth-order valence-corrected chi connectivity index (χ4v) is 5.19. The lowest BCUT2D eigenvalue weighted by Crippen LogP contribution is -2.30. The van der Waals surface area contributed by atoms with Gasteiger partial charge in [0.25, 0.3) is 0 Å². The molecule has 0 bridgehead atoms. The van der Waals surface area contributed by atoms with Gasteiger partial charge in [0.05, 0.1) is 17.5 Å². The summed E-state index contributed by atoms with van der Waals surface area (Å²) in [7, 11) is 0. The quantitative estimate of drug-likeness (QED) is 0.657. The number of benzene rings is 1. The number of carboxylic acids is 1. The molecule has 21 heavy (non-hydrogen) atoms. The Bertz CT molecular complexity index is 568. The van der Waals surface area contributed by atoms with Gasteiger partial charge in [0.1, 0.15) is 0 Å². The minimum atomic E-state index is -0.895. The van der Waals surface area contributed by atoms with E-state index in [1.807, 2.05) is 19.1 Å². The van der Waals surface area contributed by atoms with Gasteiger partial charge in [0.15, 0.2) is 0 Å². The van der Waals surface area contributed by atoms with Crippen molar-refractivity contribution in [2.45, 2.75) is 19.8 Å². The van der Waals surface area contributed by atoms with Crippen molar-refractivity contribution >= 4 is 65.4 Å². The van der Waals surface area contributed by atoms with Gasteiger partial charge < -0.3 is 10.4 Å². The standard InChI is InChI=1S/C14H14Br3NO3/c1-6-2-8(9(3-6)14(20)21)13(19)18-12-10(16)4-7(15)5-11(12)17/h4-6,8-9H,2-3H2,1H3,(H,18,19)(H,20,21)/t6?,8-,9+/m0/s1. The van der Waals surface area contributed by atoms with Crippen LogP contribution in [0.15, 0.2) is 25.6 Å². The first-order chi connectivity index (χ1) is 9.79. The molecule has 1 aromatic carbocycles. The normalized spacial score (nSPS) is 24.9. The average molecular weight is 484 g/mol. The van der Waals surface area contributed by atoms with Crippen molar-refractivity contribution in [1.29, 1.82) is 0 Å². The second-order valence-electron chi connectivity index (χ2n) is 5.36. The monoisotopic (exact) mass is 481 g/mol. The maximum atomic E-state index is 12.4. The summed E-state index contributed by atoms with van der Waals surface area (Å²) in [4.78, 5) is 23.7. The first-order valence-corrected chi connectivity index (χ1v) is 8.85. The van der Waals surface area contributed by atoms with Crippen molar-refractivity contribution in [3.05, 3.63) is 25.6 Å². The van der Waals surface area contributed by atoms with Crippen molar-refractivity contribution in [3.63, 3.8) is 0 Å². The first kappa shape index (κ1) is 17.0. The molecule has 2 rings (SSSR count). The van der Waals surface area contributed by atoms with Crippen LogP contribution in [0.2, 0.25) is 0 Å². The highest BCUT2D eigenvalue weighted by molar-refractivity contribution is 9.11. The van der Waals surface area contributed by atoms with E-state index < -0.39 is 17.8 Å². The van der Waals surface area contributed by atoms with Gasteiger partial charge in [-0.1, -0.05) is 22.9 Å². The average Bonchev–Trinajstić information content (AvgIpc) is 2.76. The third-order valence-corrected chi connectivity index (χ3v) is 5.42. The van der Waals surface area contributed by atoms with E-state index in [2.05, 4.69) is 53.1 Å². The summed E-state index contributed by atoms with van der Waals surface area (Å²) in [5, 5.41) is 12.1. The van der Waals surface area contributed by atoms with Gasteiger partial charge in [-0.15, -0.1) is 0 Å². The van der Waals surface area contributed by atoms with Gasteiger partial charge in [-0.2, -0.15) is 0 Å². The minimum absolute atomic E-state index is 0.240. The highest BCUT2D eigenvalue weighted by atomic mass is 79.9. The highest BCUT2D eigenvalue weighted by Gasteiger charge is 2.41. The van der Waals surface area contributed by atoms with Crippen LogP contribution in [-0.4, -0.2) is 17.0 Å². The SMILES string of the molecule is CC1C[C@H](C(=O)Nc2c(Br)cc(Br)cc2Br)[C@H](C(=O)O)C1. The van der Waals surface area contributed by atoms with Crippen LogP contribution in [0.1, 0.15) is 19.8 Å². The molecule has 1 aromatic rings. The Morgan fingerprint density at radius 3 is 2.19 bits per heavy atom. The van der Waals surface area contributed by atoms with Gasteiger partial charge in [0, 0.05) is 13.4 Å². The van der Waals surface area contributed by atoms with Crippen LogP contribution in [-0.2, 0) is 9.59 Å². The maximum absolute atomic E-state index is 12.4. The van der Waals surface area contributed by atoms with Gasteiger partial charge in [-0.25, -0.2) is 0 Å². The predicted octanol–water partition coefficient (Wildman–Crippen LogP) is 4.66. The molecular formula is C14H14Br3NO3. The van der Waals surface area contributed by atoms with Crippen molar-refractivity contribution in [2.75, 3.05) is 5.32 Å². The molecule has 1 aliphatic rings. The van der Waals surface area contributed by atoms with E-state index in [1.165, 1.54) is 0 Å². The molecule has 0 heterocycles. The summed E-state index contributed by atoms with van der Waals surface area (Å²) in [5.41, 5.74) is 0.617. The maximum Gasteiger partial charge on any atom is 0.307 e. The molecule has 7 heteroatoms. The number of hydrogen-bond donors (Lipinski definition) is 2. The first-order valence-electron chi connectivity index (χ1n) is 6.47. The number of carboxylic acid groups (broad SMARTS) is 1. The Kier molecular flexibility index (Phi) is 5.48. The van der Waals surface area contributed by atoms with Gasteiger partial charge >= 0.3 is 5.97 Å². The zero-order valence-corrected chi connectivity index (χ0v) is 16.0. The van der Waals surface area contributed by atoms with Crippen molar-refractivity contribution in [1.82, 2.24) is 0 Å². The van der Waals surface area contributed by atoms with Crippen LogP contribution in [0.4, 0.5) is 5.69 Å². The summed E-state index contributed by atoms with van der Waals surface area (Å²) in [6, 6.07) is 3.65. The molecule has 0 aliphatic heterocycles. The molecule has 2 N–H and O–H groups in total. The van der Waals surface area contributed by atoms with Crippen LogP contribution in [0.25, 0.3) is 0 Å². The zero-order chi connectivity index (χ0) is 15.7. The van der Waals surface area contributed by atoms with E-state index in [-0.39, 0.29) is 11.8 Å². The molecule has 0 aromatic heterocycles. The smallest absolute Gasteiger partial charge is 0.307 e. The Morgan fingerprint density at radius 1 is 1.14 bits per heavy atom.